The summed E-state index contributed by atoms with van der Waals surface area (Å²) in [6, 6.07) is 2.12. The summed E-state index contributed by atoms with van der Waals surface area (Å²) in [4.78, 5) is 12.0. The Morgan fingerprint density at radius 2 is 2.41 bits per heavy atom. The normalized spacial score (nSPS) is 17.8. The highest BCUT2D eigenvalue weighted by Gasteiger charge is 2.23. The molecule has 1 aliphatic rings. The number of hydrogen-bond acceptors (Lipinski definition) is 4. The van der Waals surface area contributed by atoms with E-state index in [0.29, 0.717) is 26.3 Å². The van der Waals surface area contributed by atoms with E-state index in [1.165, 1.54) is 11.1 Å². The van der Waals surface area contributed by atoms with Crippen LogP contribution in [0.2, 0.25) is 0 Å². The van der Waals surface area contributed by atoms with Gasteiger partial charge < -0.3 is 10.1 Å². The Labute approximate surface area is 134 Å². The summed E-state index contributed by atoms with van der Waals surface area (Å²) >= 11 is 1.69. The number of aryl methyl sites for hydroxylation is 1. The molecular weight excluding hydrogens is 298 g/mol. The van der Waals surface area contributed by atoms with Gasteiger partial charge >= 0.3 is 0 Å². The maximum atomic E-state index is 12.0. The maximum absolute atomic E-state index is 12.0. The predicted octanol–water partition coefficient (Wildman–Crippen LogP) is 2.38. The number of amides is 1. The lowest BCUT2D eigenvalue weighted by Gasteiger charge is -2.10. The van der Waals surface area contributed by atoms with E-state index >= 15 is 0 Å². The fraction of sp³-hybridized carbons (Fsp3) is 0.500. The van der Waals surface area contributed by atoms with Crippen LogP contribution in [0.15, 0.2) is 16.8 Å². The molecule has 0 unspecified atom stereocenters. The van der Waals surface area contributed by atoms with Crippen molar-refractivity contribution in [1.29, 1.82) is 0 Å². The zero-order chi connectivity index (χ0) is 15.5. The maximum Gasteiger partial charge on any atom is 0.225 e. The fourth-order valence-corrected chi connectivity index (χ4v) is 3.56. The first-order valence-electron chi connectivity index (χ1n) is 7.59. The van der Waals surface area contributed by atoms with Crippen molar-refractivity contribution >= 4 is 17.2 Å². The third-order valence-electron chi connectivity index (χ3n) is 4.11. The van der Waals surface area contributed by atoms with Crippen molar-refractivity contribution in [2.24, 2.45) is 5.92 Å². The highest BCUT2D eigenvalue weighted by molar-refractivity contribution is 7.08. The molecule has 3 heterocycles. The van der Waals surface area contributed by atoms with E-state index in [-0.39, 0.29) is 11.8 Å². The summed E-state index contributed by atoms with van der Waals surface area (Å²) in [6.07, 6.45) is 0.827. The molecule has 1 atom stereocenters. The number of carbonyl (C=O) groups is 1. The second-order valence-electron chi connectivity index (χ2n) is 5.63. The molecular formula is C16H21N3O2S. The topological polar surface area (TPSA) is 56.2 Å². The summed E-state index contributed by atoms with van der Waals surface area (Å²) in [5.41, 5.74) is 4.61. The van der Waals surface area contributed by atoms with Gasteiger partial charge in [0, 0.05) is 24.4 Å². The van der Waals surface area contributed by atoms with E-state index in [1.807, 2.05) is 11.6 Å². The first-order valence-corrected chi connectivity index (χ1v) is 8.53. The van der Waals surface area contributed by atoms with Crippen molar-refractivity contribution in [3.8, 4) is 11.1 Å². The summed E-state index contributed by atoms with van der Waals surface area (Å²) in [6.45, 7) is 6.65. The van der Waals surface area contributed by atoms with Crippen LogP contribution in [0.4, 0.5) is 0 Å². The van der Waals surface area contributed by atoms with Crippen LogP contribution < -0.4 is 5.32 Å². The number of ether oxygens (including phenoxy) is 1. The second-order valence-corrected chi connectivity index (χ2v) is 6.41. The molecule has 5 nitrogen and oxygen atoms in total. The summed E-state index contributed by atoms with van der Waals surface area (Å²) < 4.78 is 7.22. The third kappa shape index (κ3) is 3.08. The van der Waals surface area contributed by atoms with E-state index in [4.69, 9.17) is 4.74 Å². The Morgan fingerprint density at radius 3 is 3.09 bits per heavy atom. The van der Waals surface area contributed by atoms with Crippen molar-refractivity contribution in [3.63, 3.8) is 0 Å². The van der Waals surface area contributed by atoms with Gasteiger partial charge in [-0.15, -0.1) is 0 Å². The molecule has 1 amide bonds. The van der Waals surface area contributed by atoms with Crippen molar-refractivity contribution in [1.82, 2.24) is 15.1 Å². The van der Waals surface area contributed by atoms with Gasteiger partial charge in [0.2, 0.25) is 5.91 Å². The molecule has 1 fully saturated rings. The van der Waals surface area contributed by atoms with Crippen LogP contribution >= 0.6 is 11.3 Å². The van der Waals surface area contributed by atoms with E-state index in [1.54, 1.807) is 11.3 Å². The molecule has 1 saturated heterocycles. The van der Waals surface area contributed by atoms with Crippen molar-refractivity contribution in [3.05, 3.63) is 28.2 Å². The largest absolute Gasteiger partial charge is 0.381 e. The molecule has 0 aliphatic carbocycles. The minimum Gasteiger partial charge on any atom is -0.381 e. The van der Waals surface area contributed by atoms with Crippen LogP contribution in [0.5, 0.6) is 0 Å². The van der Waals surface area contributed by atoms with Crippen LogP contribution in [-0.4, -0.2) is 35.4 Å². The molecule has 0 spiro atoms. The SMILES string of the molecule is Cc1nn(CCNC(=O)[C@H]2CCOC2)c(C)c1-c1ccsc1. The van der Waals surface area contributed by atoms with Gasteiger partial charge in [0.25, 0.3) is 0 Å². The molecule has 1 aliphatic heterocycles. The highest BCUT2D eigenvalue weighted by atomic mass is 32.1. The van der Waals surface area contributed by atoms with Gasteiger partial charge in [0.15, 0.2) is 0 Å². The van der Waals surface area contributed by atoms with Crippen molar-refractivity contribution in [2.45, 2.75) is 26.8 Å². The highest BCUT2D eigenvalue weighted by Crippen LogP contribution is 2.28. The number of thiophene rings is 1. The number of carbonyl (C=O) groups excluding carboxylic acids is 1. The zero-order valence-electron chi connectivity index (χ0n) is 13.0. The Morgan fingerprint density at radius 1 is 1.55 bits per heavy atom. The first kappa shape index (κ1) is 15.2. The number of nitrogens with zero attached hydrogens (tertiary/aromatic N) is 2. The lowest BCUT2D eigenvalue weighted by molar-refractivity contribution is -0.124. The standard InChI is InChI=1S/C16H21N3O2S/c1-11-15(14-4-8-22-10-14)12(2)19(18-11)6-5-17-16(20)13-3-7-21-9-13/h4,8,10,13H,3,5-7,9H2,1-2H3,(H,17,20)/t13-/m0/s1. The minimum absolute atomic E-state index is 0.0156. The number of hydrogen-bond donors (Lipinski definition) is 1. The number of rotatable bonds is 5. The van der Waals surface area contributed by atoms with Gasteiger partial charge in [-0.05, 0) is 42.7 Å². The van der Waals surface area contributed by atoms with Gasteiger partial charge in [0.05, 0.1) is 24.8 Å². The van der Waals surface area contributed by atoms with Gasteiger partial charge in [-0.2, -0.15) is 16.4 Å². The van der Waals surface area contributed by atoms with Crippen molar-refractivity contribution in [2.75, 3.05) is 19.8 Å². The molecule has 118 valence electrons. The second kappa shape index (κ2) is 6.62. The Bertz CT molecular complexity index is 643. The zero-order valence-corrected chi connectivity index (χ0v) is 13.8. The van der Waals surface area contributed by atoms with E-state index in [2.05, 4.69) is 34.2 Å². The smallest absolute Gasteiger partial charge is 0.225 e. The fourth-order valence-electron chi connectivity index (χ4n) is 2.91. The molecule has 0 aromatic carbocycles. The van der Waals surface area contributed by atoms with Gasteiger partial charge in [0.1, 0.15) is 0 Å². The average Bonchev–Trinajstić information content (AvgIpc) is 3.22. The quantitative estimate of drug-likeness (QED) is 0.920. The van der Waals surface area contributed by atoms with Crippen LogP contribution in [0.25, 0.3) is 11.1 Å². The molecule has 2 aromatic heterocycles. The molecule has 1 N–H and O–H groups in total. The summed E-state index contributed by atoms with van der Waals surface area (Å²) in [5, 5.41) is 11.8. The Hall–Kier alpha value is -1.66. The van der Waals surface area contributed by atoms with E-state index < -0.39 is 0 Å². The monoisotopic (exact) mass is 319 g/mol. The lowest BCUT2D eigenvalue weighted by atomic mass is 10.1. The number of nitrogens with one attached hydrogen (secondary N) is 1. The summed E-state index contributed by atoms with van der Waals surface area (Å²) in [5.74, 6) is 0.110. The van der Waals surface area contributed by atoms with Gasteiger partial charge in [-0.25, -0.2) is 0 Å². The Balaban J connectivity index is 1.61. The van der Waals surface area contributed by atoms with Crippen LogP contribution in [0.3, 0.4) is 0 Å². The lowest BCUT2D eigenvalue weighted by Crippen LogP contribution is -2.33. The Kier molecular flexibility index (Phi) is 4.59. The summed E-state index contributed by atoms with van der Waals surface area (Å²) in [7, 11) is 0. The minimum atomic E-state index is 0.0156. The molecule has 6 heteroatoms. The molecule has 0 saturated carbocycles. The molecule has 22 heavy (non-hydrogen) atoms. The molecule has 2 aromatic rings. The molecule has 3 rings (SSSR count). The molecule has 0 radical (unpaired) electrons. The van der Waals surface area contributed by atoms with Crippen LogP contribution in [-0.2, 0) is 16.1 Å². The van der Waals surface area contributed by atoms with Gasteiger partial charge in [-0.3, -0.25) is 9.48 Å². The van der Waals surface area contributed by atoms with Crippen LogP contribution in [0.1, 0.15) is 17.8 Å². The van der Waals surface area contributed by atoms with E-state index in [0.717, 1.165) is 17.8 Å². The predicted molar refractivity (Wildman–Crippen MR) is 86.9 cm³/mol. The average molecular weight is 319 g/mol. The first-order chi connectivity index (χ1) is 10.7. The third-order valence-corrected chi connectivity index (χ3v) is 4.80. The van der Waals surface area contributed by atoms with Crippen molar-refractivity contribution < 1.29 is 9.53 Å². The van der Waals surface area contributed by atoms with E-state index in [9.17, 15) is 4.79 Å². The van der Waals surface area contributed by atoms with Gasteiger partial charge in [-0.1, -0.05) is 0 Å². The number of aromatic nitrogens is 2. The molecule has 0 bridgehead atoms. The van der Waals surface area contributed by atoms with Crippen LogP contribution in [0, 0.1) is 19.8 Å².